The molecule has 0 aliphatic heterocycles. The van der Waals surface area contributed by atoms with Crippen LogP contribution in [-0.2, 0) is 9.53 Å². The van der Waals surface area contributed by atoms with Crippen LogP contribution in [0, 0.1) is 5.82 Å². The lowest BCUT2D eigenvalue weighted by molar-refractivity contribution is -0.129. The minimum Gasteiger partial charge on any atom is -0.448 e. The monoisotopic (exact) mass is 366 g/mol. The molecule has 0 radical (unpaired) electrons. The van der Waals surface area contributed by atoms with E-state index in [-0.39, 0.29) is 17.6 Å². The molecule has 0 saturated carbocycles. The van der Waals surface area contributed by atoms with Crippen molar-refractivity contribution in [3.05, 3.63) is 77.7 Å². The maximum Gasteiger partial charge on any atom is 0.357 e. The molecule has 0 saturated heterocycles. The van der Waals surface area contributed by atoms with Crippen molar-refractivity contribution in [3.63, 3.8) is 0 Å². The standard InChI is InChI=1S/C21H19FN2O3/c1-13(15-7-10-17(22)11-8-15)23-20(25)14(2)27-21(26)19-12-9-16-5-3-4-6-18(16)24-19/h3-14H,1-2H3,(H,23,25)/t13-,14-/m0/s1. The molecule has 1 heterocycles. The average molecular weight is 366 g/mol. The molecule has 5 nitrogen and oxygen atoms in total. The predicted octanol–water partition coefficient (Wildman–Crippen LogP) is 3.80. The van der Waals surface area contributed by atoms with Crippen LogP contribution < -0.4 is 5.32 Å². The second kappa shape index (κ2) is 7.95. The number of nitrogens with zero attached hydrogens (tertiary/aromatic N) is 1. The number of ether oxygens (including phenoxy) is 1. The number of para-hydroxylation sites is 1. The van der Waals surface area contributed by atoms with E-state index in [9.17, 15) is 14.0 Å². The number of hydrogen-bond acceptors (Lipinski definition) is 4. The number of esters is 1. The minimum atomic E-state index is -0.992. The Morgan fingerprint density at radius 1 is 1.00 bits per heavy atom. The highest BCUT2D eigenvalue weighted by Gasteiger charge is 2.21. The summed E-state index contributed by atoms with van der Waals surface area (Å²) < 4.78 is 18.2. The molecule has 1 aromatic heterocycles. The lowest BCUT2D eigenvalue weighted by atomic mass is 10.1. The Hall–Kier alpha value is -3.28. The highest BCUT2D eigenvalue weighted by atomic mass is 19.1. The maximum atomic E-state index is 13.0. The van der Waals surface area contributed by atoms with Crippen molar-refractivity contribution in [2.45, 2.75) is 26.0 Å². The number of hydrogen-bond donors (Lipinski definition) is 1. The molecular weight excluding hydrogens is 347 g/mol. The first-order valence-electron chi connectivity index (χ1n) is 8.56. The van der Waals surface area contributed by atoms with Gasteiger partial charge in [0.15, 0.2) is 6.10 Å². The number of amides is 1. The molecule has 0 bridgehead atoms. The van der Waals surface area contributed by atoms with E-state index in [1.54, 1.807) is 37.3 Å². The van der Waals surface area contributed by atoms with Crippen molar-refractivity contribution in [1.29, 1.82) is 0 Å². The summed E-state index contributed by atoms with van der Waals surface area (Å²) in [7, 11) is 0. The molecule has 3 aromatic rings. The molecule has 0 spiro atoms. The average Bonchev–Trinajstić information content (AvgIpc) is 2.67. The highest BCUT2D eigenvalue weighted by Crippen LogP contribution is 2.15. The first kappa shape index (κ1) is 18.5. The van der Waals surface area contributed by atoms with Crippen molar-refractivity contribution in [3.8, 4) is 0 Å². The van der Waals surface area contributed by atoms with Gasteiger partial charge in [-0.3, -0.25) is 4.79 Å². The van der Waals surface area contributed by atoms with Crippen LogP contribution in [0.1, 0.15) is 35.9 Å². The number of halogens is 1. The van der Waals surface area contributed by atoms with Gasteiger partial charge in [0.25, 0.3) is 5.91 Å². The fourth-order valence-electron chi connectivity index (χ4n) is 2.62. The van der Waals surface area contributed by atoms with Gasteiger partial charge in [-0.2, -0.15) is 0 Å². The topological polar surface area (TPSA) is 68.3 Å². The summed E-state index contributed by atoms with van der Waals surface area (Å²) in [5.74, 6) is -1.46. The van der Waals surface area contributed by atoms with E-state index in [4.69, 9.17) is 4.74 Å². The van der Waals surface area contributed by atoms with Gasteiger partial charge in [0.05, 0.1) is 11.6 Å². The van der Waals surface area contributed by atoms with Crippen LogP contribution in [0.5, 0.6) is 0 Å². The van der Waals surface area contributed by atoms with Gasteiger partial charge in [-0.1, -0.05) is 36.4 Å². The van der Waals surface area contributed by atoms with Crippen molar-refractivity contribution in [2.75, 3.05) is 0 Å². The third-order valence-electron chi connectivity index (χ3n) is 4.19. The van der Waals surface area contributed by atoms with Crippen LogP contribution in [0.15, 0.2) is 60.7 Å². The number of fused-ring (bicyclic) bond motifs is 1. The van der Waals surface area contributed by atoms with Crippen molar-refractivity contribution in [2.24, 2.45) is 0 Å². The third kappa shape index (κ3) is 4.47. The normalized spacial score (nSPS) is 13.0. The van der Waals surface area contributed by atoms with Gasteiger partial charge < -0.3 is 10.1 Å². The minimum absolute atomic E-state index is 0.139. The van der Waals surface area contributed by atoms with E-state index in [1.807, 2.05) is 18.2 Å². The number of rotatable bonds is 5. The van der Waals surface area contributed by atoms with Crippen LogP contribution in [0.2, 0.25) is 0 Å². The quantitative estimate of drug-likeness (QED) is 0.698. The zero-order valence-electron chi connectivity index (χ0n) is 15.0. The zero-order chi connectivity index (χ0) is 19.4. The second-order valence-electron chi connectivity index (χ2n) is 6.22. The summed E-state index contributed by atoms with van der Waals surface area (Å²) in [4.78, 5) is 28.8. The van der Waals surface area contributed by atoms with Crippen molar-refractivity contribution < 1.29 is 18.7 Å². The Morgan fingerprint density at radius 2 is 1.70 bits per heavy atom. The Kier molecular flexibility index (Phi) is 5.45. The lowest BCUT2D eigenvalue weighted by Crippen LogP contribution is -2.37. The molecule has 1 amide bonds. The van der Waals surface area contributed by atoms with Crippen LogP contribution in [-0.4, -0.2) is 23.0 Å². The fourth-order valence-corrected chi connectivity index (χ4v) is 2.62. The highest BCUT2D eigenvalue weighted by molar-refractivity contribution is 5.93. The van der Waals surface area contributed by atoms with Gasteiger partial charge in [-0.15, -0.1) is 0 Å². The fraction of sp³-hybridized carbons (Fsp3) is 0.190. The number of benzene rings is 2. The largest absolute Gasteiger partial charge is 0.448 e. The summed E-state index contributed by atoms with van der Waals surface area (Å²) >= 11 is 0. The van der Waals surface area contributed by atoms with E-state index < -0.39 is 18.0 Å². The van der Waals surface area contributed by atoms with Crippen LogP contribution >= 0.6 is 0 Å². The Morgan fingerprint density at radius 3 is 2.44 bits per heavy atom. The van der Waals surface area contributed by atoms with Crippen LogP contribution in [0.4, 0.5) is 4.39 Å². The van der Waals surface area contributed by atoms with Gasteiger partial charge in [0.2, 0.25) is 0 Å². The summed E-state index contributed by atoms with van der Waals surface area (Å²) in [5.41, 5.74) is 1.56. The first-order chi connectivity index (χ1) is 12.9. The number of nitrogens with one attached hydrogen (secondary N) is 1. The van der Waals surface area contributed by atoms with Gasteiger partial charge in [-0.05, 0) is 43.7 Å². The molecule has 1 N–H and O–H groups in total. The summed E-state index contributed by atoms with van der Waals surface area (Å²) in [6, 6.07) is 16.2. The smallest absolute Gasteiger partial charge is 0.357 e. The first-order valence-corrected chi connectivity index (χ1v) is 8.56. The number of carbonyl (C=O) groups is 2. The van der Waals surface area contributed by atoms with Crippen molar-refractivity contribution >= 4 is 22.8 Å². The van der Waals surface area contributed by atoms with Gasteiger partial charge in [-0.25, -0.2) is 14.2 Å². The lowest BCUT2D eigenvalue weighted by Gasteiger charge is -2.18. The maximum absolute atomic E-state index is 13.0. The van der Waals surface area contributed by atoms with Crippen molar-refractivity contribution in [1.82, 2.24) is 10.3 Å². The van der Waals surface area contributed by atoms with Crippen LogP contribution in [0.25, 0.3) is 10.9 Å². The zero-order valence-corrected chi connectivity index (χ0v) is 15.0. The molecule has 2 aromatic carbocycles. The van der Waals surface area contributed by atoms with E-state index >= 15 is 0 Å². The van der Waals surface area contributed by atoms with Gasteiger partial charge in [0, 0.05) is 5.39 Å². The van der Waals surface area contributed by atoms with Gasteiger partial charge >= 0.3 is 5.97 Å². The van der Waals surface area contributed by atoms with E-state index in [1.165, 1.54) is 19.1 Å². The molecule has 2 atom stereocenters. The Labute approximate surface area is 156 Å². The van der Waals surface area contributed by atoms with Crippen LogP contribution in [0.3, 0.4) is 0 Å². The van der Waals surface area contributed by atoms with E-state index in [2.05, 4.69) is 10.3 Å². The molecule has 0 aliphatic carbocycles. The summed E-state index contributed by atoms with van der Waals surface area (Å²) in [6.45, 7) is 3.26. The number of carbonyl (C=O) groups excluding carboxylic acids is 2. The Bertz CT molecular complexity index is 973. The third-order valence-corrected chi connectivity index (χ3v) is 4.19. The second-order valence-corrected chi connectivity index (χ2v) is 6.22. The van der Waals surface area contributed by atoms with E-state index in [0.29, 0.717) is 5.52 Å². The molecule has 6 heteroatoms. The molecule has 0 fully saturated rings. The molecular formula is C21H19FN2O3. The molecule has 0 aliphatic rings. The van der Waals surface area contributed by atoms with E-state index in [0.717, 1.165) is 10.9 Å². The Balaban J connectivity index is 1.62. The SMILES string of the molecule is C[C@H](OC(=O)c1ccc2ccccc2n1)C(=O)N[C@@H](C)c1ccc(F)cc1. The summed E-state index contributed by atoms with van der Waals surface area (Å²) in [5, 5.41) is 3.65. The van der Waals surface area contributed by atoms with Gasteiger partial charge in [0.1, 0.15) is 11.5 Å². The number of pyridine rings is 1. The molecule has 27 heavy (non-hydrogen) atoms. The predicted molar refractivity (Wildman–Crippen MR) is 99.6 cm³/mol. The molecule has 138 valence electrons. The molecule has 0 unspecified atom stereocenters. The molecule has 3 rings (SSSR count). The number of aromatic nitrogens is 1. The summed E-state index contributed by atoms with van der Waals surface area (Å²) in [6.07, 6.45) is -0.992.